The summed E-state index contributed by atoms with van der Waals surface area (Å²) < 4.78 is 0. The van der Waals surface area contributed by atoms with Gasteiger partial charge in [-0.15, -0.1) is 0 Å². The lowest BCUT2D eigenvalue weighted by Gasteiger charge is -2.08. The van der Waals surface area contributed by atoms with Crippen molar-refractivity contribution in [2.75, 3.05) is 0 Å². The summed E-state index contributed by atoms with van der Waals surface area (Å²) >= 11 is 0. The fourth-order valence-corrected chi connectivity index (χ4v) is 2.33. The molecule has 0 aliphatic rings. The van der Waals surface area contributed by atoms with Gasteiger partial charge >= 0.3 is 0 Å². The average Bonchev–Trinajstić information content (AvgIpc) is 2.89. The van der Waals surface area contributed by atoms with E-state index in [1.165, 1.54) is 5.56 Å². The number of para-hydroxylation sites is 1. The Morgan fingerprint density at radius 3 is 2.84 bits per heavy atom. The van der Waals surface area contributed by atoms with Crippen LogP contribution in [0.4, 0.5) is 0 Å². The summed E-state index contributed by atoms with van der Waals surface area (Å²) in [6.45, 7) is 2.14. The van der Waals surface area contributed by atoms with Crippen molar-refractivity contribution in [1.29, 1.82) is 0 Å². The van der Waals surface area contributed by atoms with Crippen molar-refractivity contribution in [2.45, 2.75) is 19.8 Å². The highest BCUT2D eigenvalue weighted by Crippen LogP contribution is 2.33. The van der Waals surface area contributed by atoms with Gasteiger partial charge in [-0.1, -0.05) is 31.5 Å². The number of rotatable bonds is 3. The topological polar surface area (TPSA) is 61.8 Å². The molecule has 0 unspecified atom stereocenters. The molecule has 19 heavy (non-hydrogen) atoms. The Kier molecular flexibility index (Phi) is 2.91. The lowest BCUT2D eigenvalue weighted by molar-refractivity contribution is 0.477. The summed E-state index contributed by atoms with van der Waals surface area (Å²) in [5.74, 6) is 0.273. The summed E-state index contributed by atoms with van der Waals surface area (Å²) in [5, 5.41) is 21.0. The van der Waals surface area contributed by atoms with Gasteiger partial charge in [-0.05, 0) is 30.2 Å². The highest BCUT2D eigenvalue weighted by atomic mass is 16.3. The van der Waals surface area contributed by atoms with Crippen LogP contribution in [0.15, 0.2) is 36.4 Å². The van der Waals surface area contributed by atoms with E-state index in [-0.39, 0.29) is 5.75 Å². The third kappa shape index (κ3) is 2.05. The van der Waals surface area contributed by atoms with E-state index in [4.69, 9.17) is 0 Å². The van der Waals surface area contributed by atoms with E-state index in [1.54, 1.807) is 6.07 Å². The standard InChI is InChI=1S/C15H15N3O/c1-2-4-10-7-8-14(19)12(9-10)11-5-3-6-13-15(11)17-18-16-13/h3,5-9,19H,2,4H2,1H3,(H,16,17,18). The molecule has 0 radical (unpaired) electrons. The number of nitrogens with one attached hydrogen (secondary N) is 1. The number of aromatic nitrogens is 3. The first-order chi connectivity index (χ1) is 9.29. The lowest BCUT2D eigenvalue weighted by Crippen LogP contribution is -1.87. The van der Waals surface area contributed by atoms with Crippen LogP contribution in [0.25, 0.3) is 22.2 Å². The Labute approximate surface area is 111 Å². The molecule has 0 aliphatic carbocycles. The third-order valence-electron chi connectivity index (χ3n) is 3.24. The molecule has 0 amide bonds. The van der Waals surface area contributed by atoms with Gasteiger partial charge in [0, 0.05) is 11.1 Å². The molecule has 1 aromatic heterocycles. The number of aromatic hydroxyl groups is 1. The van der Waals surface area contributed by atoms with Crippen LogP contribution in [-0.2, 0) is 6.42 Å². The molecule has 1 heterocycles. The highest BCUT2D eigenvalue weighted by Gasteiger charge is 2.11. The predicted molar refractivity (Wildman–Crippen MR) is 75.0 cm³/mol. The summed E-state index contributed by atoms with van der Waals surface area (Å²) in [5.41, 5.74) is 4.52. The van der Waals surface area contributed by atoms with Gasteiger partial charge in [0.15, 0.2) is 0 Å². The summed E-state index contributed by atoms with van der Waals surface area (Å²) in [4.78, 5) is 0. The molecule has 3 aromatic rings. The van der Waals surface area contributed by atoms with E-state index < -0.39 is 0 Å². The maximum absolute atomic E-state index is 10.1. The number of aryl methyl sites for hydroxylation is 1. The van der Waals surface area contributed by atoms with Crippen molar-refractivity contribution in [3.63, 3.8) is 0 Å². The molecule has 0 bridgehead atoms. The fraction of sp³-hybridized carbons (Fsp3) is 0.200. The van der Waals surface area contributed by atoms with Crippen LogP contribution in [-0.4, -0.2) is 20.5 Å². The average molecular weight is 253 g/mol. The molecule has 0 atom stereocenters. The Bertz CT molecular complexity index is 718. The van der Waals surface area contributed by atoms with Crippen molar-refractivity contribution in [3.05, 3.63) is 42.0 Å². The van der Waals surface area contributed by atoms with Crippen LogP contribution in [0.3, 0.4) is 0 Å². The molecule has 2 N–H and O–H groups in total. The Hall–Kier alpha value is -2.36. The van der Waals surface area contributed by atoms with Crippen LogP contribution < -0.4 is 0 Å². The van der Waals surface area contributed by atoms with Crippen LogP contribution >= 0.6 is 0 Å². The number of nitrogens with zero attached hydrogens (tertiary/aromatic N) is 2. The number of phenols is 1. The first kappa shape index (κ1) is 11.7. The monoisotopic (exact) mass is 253 g/mol. The van der Waals surface area contributed by atoms with E-state index in [1.807, 2.05) is 30.3 Å². The third-order valence-corrected chi connectivity index (χ3v) is 3.24. The lowest BCUT2D eigenvalue weighted by atomic mass is 9.99. The zero-order valence-electron chi connectivity index (χ0n) is 10.7. The molecule has 4 nitrogen and oxygen atoms in total. The van der Waals surface area contributed by atoms with E-state index in [0.717, 1.165) is 35.0 Å². The molecule has 96 valence electrons. The molecule has 3 rings (SSSR count). The molecule has 0 aliphatic heterocycles. The van der Waals surface area contributed by atoms with Crippen molar-refractivity contribution in [3.8, 4) is 16.9 Å². The van der Waals surface area contributed by atoms with Gasteiger partial charge in [-0.3, -0.25) is 0 Å². The maximum atomic E-state index is 10.1. The zero-order chi connectivity index (χ0) is 13.2. The van der Waals surface area contributed by atoms with Crippen molar-refractivity contribution < 1.29 is 5.11 Å². The van der Waals surface area contributed by atoms with E-state index in [2.05, 4.69) is 22.3 Å². The number of phenolic OH excluding ortho intramolecular Hbond substituents is 1. The van der Waals surface area contributed by atoms with Crippen molar-refractivity contribution in [2.24, 2.45) is 0 Å². The Balaban J connectivity index is 2.20. The molecule has 0 spiro atoms. The Morgan fingerprint density at radius 2 is 2.00 bits per heavy atom. The maximum Gasteiger partial charge on any atom is 0.123 e. The SMILES string of the molecule is CCCc1ccc(O)c(-c2cccc3n[nH]nc23)c1. The van der Waals surface area contributed by atoms with Gasteiger partial charge < -0.3 is 5.11 Å². The number of aromatic amines is 1. The second-order valence-electron chi connectivity index (χ2n) is 4.60. The second-order valence-corrected chi connectivity index (χ2v) is 4.60. The van der Waals surface area contributed by atoms with E-state index in [0.29, 0.717) is 0 Å². The van der Waals surface area contributed by atoms with Gasteiger partial charge in [0.2, 0.25) is 0 Å². The minimum Gasteiger partial charge on any atom is -0.507 e. The van der Waals surface area contributed by atoms with Gasteiger partial charge in [0.05, 0.1) is 0 Å². The number of hydrogen-bond donors (Lipinski definition) is 2. The fourth-order valence-electron chi connectivity index (χ4n) is 2.33. The van der Waals surface area contributed by atoms with Crippen LogP contribution in [0, 0.1) is 0 Å². The summed E-state index contributed by atoms with van der Waals surface area (Å²) in [7, 11) is 0. The molecular formula is C15H15N3O. The van der Waals surface area contributed by atoms with E-state index in [9.17, 15) is 5.11 Å². The van der Waals surface area contributed by atoms with Gasteiger partial charge in [0.1, 0.15) is 16.8 Å². The van der Waals surface area contributed by atoms with Crippen LogP contribution in [0.2, 0.25) is 0 Å². The van der Waals surface area contributed by atoms with Crippen LogP contribution in [0.1, 0.15) is 18.9 Å². The van der Waals surface area contributed by atoms with Crippen molar-refractivity contribution >= 4 is 11.0 Å². The molecule has 0 saturated carbocycles. The first-order valence-corrected chi connectivity index (χ1v) is 6.41. The molecule has 0 fully saturated rings. The zero-order valence-corrected chi connectivity index (χ0v) is 10.7. The van der Waals surface area contributed by atoms with Gasteiger partial charge in [-0.2, -0.15) is 15.4 Å². The largest absolute Gasteiger partial charge is 0.507 e. The van der Waals surface area contributed by atoms with Crippen molar-refractivity contribution in [1.82, 2.24) is 15.4 Å². The Morgan fingerprint density at radius 1 is 1.11 bits per heavy atom. The van der Waals surface area contributed by atoms with Gasteiger partial charge in [0.25, 0.3) is 0 Å². The minimum absolute atomic E-state index is 0.273. The normalized spacial score (nSPS) is 11.0. The molecular weight excluding hydrogens is 238 g/mol. The molecule has 2 aromatic carbocycles. The van der Waals surface area contributed by atoms with Gasteiger partial charge in [-0.25, -0.2) is 0 Å². The van der Waals surface area contributed by atoms with E-state index >= 15 is 0 Å². The second kappa shape index (κ2) is 4.72. The number of fused-ring (bicyclic) bond motifs is 1. The highest BCUT2D eigenvalue weighted by molar-refractivity contribution is 5.93. The number of H-pyrrole nitrogens is 1. The molecule has 0 saturated heterocycles. The smallest absolute Gasteiger partial charge is 0.123 e. The predicted octanol–water partition coefficient (Wildman–Crippen LogP) is 3.28. The first-order valence-electron chi connectivity index (χ1n) is 6.41. The van der Waals surface area contributed by atoms with Crippen LogP contribution in [0.5, 0.6) is 5.75 Å². The number of hydrogen-bond acceptors (Lipinski definition) is 3. The molecule has 4 heteroatoms. The minimum atomic E-state index is 0.273. The quantitative estimate of drug-likeness (QED) is 0.753. The number of benzene rings is 2. The summed E-state index contributed by atoms with van der Waals surface area (Å²) in [6.07, 6.45) is 2.08. The summed E-state index contributed by atoms with van der Waals surface area (Å²) in [6, 6.07) is 11.5.